The van der Waals surface area contributed by atoms with Gasteiger partial charge in [0.25, 0.3) is 5.91 Å². The third-order valence-corrected chi connectivity index (χ3v) is 8.07. The first kappa shape index (κ1) is 28.2. The fraction of sp³-hybridized carbons (Fsp3) is 0.423. The van der Waals surface area contributed by atoms with E-state index >= 15 is 0 Å². The molecule has 0 aromatic heterocycles. The number of nitrogens with one attached hydrogen (secondary N) is 2. The minimum atomic E-state index is -1.11. The molecule has 3 N–H and O–H groups in total. The zero-order chi connectivity index (χ0) is 26.3. The molecule has 1 aliphatic rings. The van der Waals surface area contributed by atoms with Crippen LogP contribution in [0.5, 0.6) is 0 Å². The van der Waals surface area contributed by atoms with E-state index in [1.807, 2.05) is 0 Å². The van der Waals surface area contributed by atoms with Crippen LogP contribution in [0.4, 0.5) is 5.69 Å². The number of amides is 2. The fourth-order valence-corrected chi connectivity index (χ4v) is 5.76. The van der Waals surface area contributed by atoms with Gasteiger partial charge in [-0.15, -0.1) is 0 Å². The normalized spacial score (nSPS) is 16.2. The van der Waals surface area contributed by atoms with Crippen LogP contribution in [-0.2, 0) is 26.8 Å². The molecule has 1 saturated carbocycles. The highest BCUT2D eigenvalue weighted by molar-refractivity contribution is 7.84. The molecule has 10 heteroatoms. The van der Waals surface area contributed by atoms with Crippen molar-refractivity contribution in [3.8, 4) is 0 Å². The Hall–Kier alpha value is -2.42. The minimum Gasteiger partial charge on any atom is -0.480 e. The van der Waals surface area contributed by atoms with E-state index in [1.54, 1.807) is 48.7 Å². The van der Waals surface area contributed by atoms with E-state index in [4.69, 9.17) is 23.2 Å². The van der Waals surface area contributed by atoms with Crippen molar-refractivity contribution < 1.29 is 23.7 Å². The molecule has 1 fully saturated rings. The first-order valence-corrected chi connectivity index (χ1v) is 14.3. The summed E-state index contributed by atoms with van der Waals surface area (Å²) in [6.45, 7) is 0. The van der Waals surface area contributed by atoms with Gasteiger partial charge in [0, 0.05) is 40.3 Å². The average molecular weight is 554 g/mol. The Morgan fingerprint density at radius 2 is 1.67 bits per heavy atom. The summed E-state index contributed by atoms with van der Waals surface area (Å²) in [6.07, 6.45) is 6.29. The lowest BCUT2D eigenvalue weighted by Crippen LogP contribution is -2.48. The van der Waals surface area contributed by atoms with Crippen molar-refractivity contribution in [2.24, 2.45) is 5.41 Å². The Morgan fingerprint density at radius 3 is 2.22 bits per heavy atom. The van der Waals surface area contributed by atoms with Crippen LogP contribution in [0.1, 0.15) is 54.4 Å². The average Bonchev–Trinajstić information content (AvgIpc) is 3.29. The second kappa shape index (κ2) is 12.7. The number of hydrogen-bond donors (Lipinski definition) is 3. The van der Waals surface area contributed by atoms with Gasteiger partial charge >= 0.3 is 5.97 Å². The number of carbonyl (C=O) groups is 3. The highest BCUT2D eigenvalue weighted by atomic mass is 35.5. The predicted molar refractivity (Wildman–Crippen MR) is 143 cm³/mol. The van der Waals surface area contributed by atoms with Gasteiger partial charge in [-0.1, -0.05) is 54.2 Å². The Bertz CT molecular complexity index is 1110. The van der Waals surface area contributed by atoms with Crippen molar-refractivity contribution in [2.75, 3.05) is 17.3 Å². The highest BCUT2D eigenvalue weighted by Gasteiger charge is 2.41. The molecule has 3 rings (SSSR count). The number of aliphatic carboxylic acids is 1. The van der Waals surface area contributed by atoms with E-state index in [0.717, 1.165) is 12.8 Å². The molecule has 0 saturated heterocycles. The molecule has 2 aromatic carbocycles. The molecule has 36 heavy (non-hydrogen) atoms. The van der Waals surface area contributed by atoms with Crippen LogP contribution in [0.25, 0.3) is 0 Å². The lowest BCUT2D eigenvalue weighted by molar-refractivity contribution is -0.144. The molecule has 2 amide bonds. The fourth-order valence-electron chi connectivity index (χ4n) is 4.64. The van der Waals surface area contributed by atoms with Crippen LogP contribution in [0, 0.1) is 5.41 Å². The second-order valence-electron chi connectivity index (χ2n) is 9.18. The summed E-state index contributed by atoms with van der Waals surface area (Å²) in [5, 5.41) is 15.7. The number of halogens is 2. The summed E-state index contributed by atoms with van der Waals surface area (Å²) < 4.78 is 11.4. The number of rotatable bonds is 11. The van der Waals surface area contributed by atoms with Gasteiger partial charge in [-0.2, -0.15) is 0 Å². The lowest BCUT2D eigenvalue weighted by atomic mass is 9.80. The maximum atomic E-state index is 13.2. The largest absolute Gasteiger partial charge is 0.480 e. The summed E-state index contributed by atoms with van der Waals surface area (Å²) in [6, 6.07) is 10.4. The first-order chi connectivity index (χ1) is 17.1. The van der Waals surface area contributed by atoms with Gasteiger partial charge in [0.05, 0.1) is 15.6 Å². The SMILES string of the molecule is CS(=O)CCCC1(C(=O)NC(Cc2ccc(NC(=O)c3c(Cl)cccc3Cl)cc2)C(=O)O)CCCC1. The standard InChI is InChI=1S/C26H30Cl2N2O5S/c1-36(35)15-5-14-26(12-2-3-13-26)25(34)30-21(24(32)33)16-17-8-10-18(11-9-17)29-23(31)22-19(27)6-4-7-20(22)28/h4,6-11,21H,2-3,5,12-16H2,1H3,(H,29,31)(H,30,34)(H,32,33). The van der Waals surface area contributed by atoms with Crippen LogP contribution in [0.2, 0.25) is 10.0 Å². The third-order valence-electron chi connectivity index (χ3n) is 6.57. The van der Waals surface area contributed by atoms with Crippen LogP contribution in [-0.4, -0.2) is 45.1 Å². The summed E-state index contributed by atoms with van der Waals surface area (Å²) in [4.78, 5) is 37.7. The Kier molecular flexibility index (Phi) is 9.93. The van der Waals surface area contributed by atoms with Gasteiger partial charge in [0.2, 0.25) is 5.91 Å². The molecular weight excluding hydrogens is 523 g/mol. The number of anilines is 1. The van der Waals surface area contributed by atoms with Crippen molar-refractivity contribution in [2.45, 2.75) is 51.0 Å². The number of carboxylic acid groups (broad SMARTS) is 1. The molecule has 0 heterocycles. The van der Waals surface area contributed by atoms with E-state index in [9.17, 15) is 23.7 Å². The smallest absolute Gasteiger partial charge is 0.326 e. The van der Waals surface area contributed by atoms with Crippen molar-refractivity contribution in [3.05, 3.63) is 63.6 Å². The molecule has 2 unspecified atom stereocenters. The van der Waals surface area contributed by atoms with E-state index in [-0.39, 0.29) is 27.9 Å². The van der Waals surface area contributed by atoms with E-state index in [0.29, 0.717) is 42.7 Å². The molecule has 0 radical (unpaired) electrons. The molecule has 2 atom stereocenters. The predicted octanol–water partition coefficient (Wildman–Crippen LogP) is 5.08. The van der Waals surface area contributed by atoms with E-state index in [2.05, 4.69) is 10.6 Å². The van der Waals surface area contributed by atoms with Crippen LogP contribution in [0.3, 0.4) is 0 Å². The van der Waals surface area contributed by atoms with Crippen molar-refractivity contribution in [1.82, 2.24) is 5.32 Å². The third kappa shape index (κ3) is 7.31. The molecular formula is C26H30Cl2N2O5S. The Balaban J connectivity index is 1.64. The van der Waals surface area contributed by atoms with Gasteiger partial charge in [0.15, 0.2) is 0 Å². The van der Waals surface area contributed by atoms with E-state index < -0.39 is 34.1 Å². The molecule has 1 aliphatic carbocycles. The van der Waals surface area contributed by atoms with Crippen molar-refractivity contribution >= 4 is 57.5 Å². The van der Waals surface area contributed by atoms with Gasteiger partial charge in [0.1, 0.15) is 6.04 Å². The van der Waals surface area contributed by atoms with E-state index in [1.165, 1.54) is 0 Å². The molecule has 0 spiro atoms. The zero-order valence-electron chi connectivity index (χ0n) is 20.0. The van der Waals surface area contributed by atoms with Crippen LogP contribution < -0.4 is 10.6 Å². The lowest BCUT2D eigenvalue weighted by Gasteiger charge is -2.29. The van der Waals surface area contributed by atoms with Crippen LogP contribution >= 0.6 is 23.2 Å². The highest BCUT2D eigenvalue weighted by Crippen LogP contribution is 2.42. The van der Waals surface area contributed by atoms with Gasteiger partial charge in [-0.05, 0) is 55.5 Å². The van der Waals surface area contributed by atoms with Crippen molar-refractivity contribution in [1.29, 1.82) is 0 Å². The van der Waals surface area contributed by atoms with Crippen molar-refractivity contribution in [3.63, 3.8) is 0 Å². The second-order valence-corrected chi connectivity index (χ2v) is 11.6. The molecule has 0 bridgehead atoms. The quantitative estimate of drug-likeness (QED) is 0.360. The van der Waals surface area contributed by atoms with Crippen LogP contribution in [0.15, 0.2) is 42.5 Å². The Morgan fingerprint density at radius 1 is 1.06 bits per heavy atom. The summed E-state index contributed by atoms with van der Waals surface area (Å²) in [5.41, 5.74) is 0.762. The maximum absolute atomic E-state index is 13.2. The Labute approximate surface area is 223 Å². The summed E-state index contributed by atoms with van der Waals surface area (Å²) >= 11 is 12.2. The number of hydrogen-bond acceptors (Lipinski definition) is 4. The molecule has 194 valence electrons. The zero-order valence-corrected chi connectivity index (χ0v) is 22.3. The first-order valence-electron chi connectivity index (χ1n) is 11.8. The summed E-state index contributed by atoms with van der Waals surface area (Å²) in [5.74, 6) is -1.28. The monoisotopic (exact) mass is 552 g/mol. The molecule has 7 nitrogen and oxygen atoms in total. The topological polar surface area (TPSA) is 113 Å². The molecule has 0 aliphatic heterocycles. The van der Waals surface area contributed by atoms with Gasteiger partial charge in [-0.25, -0.2) is 4.79 Å². The number of carboxylic acids is 1. The summed E-state index contributed by atoms with van der Waals surface area (Å²) in [7, 11) is -0.926. The maximum Gasteiger partial charge on any atom is 0.326 e. The molecule has 2 aromatic rings. The van der Waals surface area contributed by atoms with Gasteiger partial charge in [-0.3, -0.25) is 13.8 Å². The number of carbonyl (C=O) groups excluding carboxylic acids is 2. The minimum absolute atomic E-state index is 0.0979. The van der Waals surface area contributed by atoms with Gasteiger partial charge < -0.3 is 15.7 Å². The number of benzene rings is 2.